The molecule has 6 nitrogen and oxygen atoms in total. The summed E-state index contributed by atoms with van der Waals surface area (Å²) in [4.78, 5) is 23.7. The van der Waals surface area contributed by atoms with E-state index in [9.17, 15) is 9.59 Å². The van der Waals surface area contributed by atoms with Crippen molar-refractivity contribution < 1.29 is 14.3 Å². The summed E-state index contributed by atoms with van der Waals surface area (Å²) in [6.45, 7) is 4.00. The van der Waals surface area contributed by atoms with Gasteiger partial charge in [0.05, 0.1) is 13.3 Å². The van der Waals surface area contributed by atoms with Crippen molar-refractivity contribution in [1.29, 1.82) is 0 Å². The molecule has 0 aliphatic carbocycles. The molecule has 6 heteroatoms. The molecule has 0 aliphatic rings. The van der Waals surface area contributed by atoms with Crippen LogP contribution in [0, 0.1) is 13.8 Å². The fraction of sp³-hybridized carbons (Fsp3) is 0.250. The van der Waals surface area contributed by atoms with Crippen LogP contribution in [0.25, 0.3) is 0 Å². The monoisotopic (exact) mass is 353 g/mol. The molecule has 0 bridgehead atoms. The molecule has 2 amide bonds. The van der Waals surface area contributed by atoms with E-state index in [0.29, 0.717) is 5.75 Å². The number of nitrogens with zero attached hydrogens (tertiary/aromatic N) is 1. The van der Waals surface area contributed by atoms with Gasteiger partial charge in [-0.1, -0.05) is 18.2 Å². The lowest BCUT2D eigenvalue weighted by molar-refractivity contribution is -0.124. The van der Waals surface area contributed by atoms with Crippen LogP contribution in [0.15, 0.2) is 47.6 Å². The third-order valence-electron chi connectivity index (χ3n) is 3.87. The second-order valence-electron chi connectivity index (χ2n) is 5.92. The lowest BCUT2D eigenvalue weighted by Gasteiger charge is -2.07. The summed E-state index contributed by atoms with van der Waals surface area (Å²) >= 11 is 0. The van der Waals surface area contributed by atoms with Crippen LogP contribution in [0.3, 0.4) is 0 Å². The first-order valence-corrected chi connectivity index (χ1v) is 8.31. The lowest BCUT2D eigenvalue weighted by atomic mass is 10.1. The molecule has 0 atom stereocenters. The maximum atomic E-state index is 11.9. The minimum absolute atomic E-state index is 0.0616. The topological polar surface area (TPSA) is 79.8 Å². The van der Waals surface area contributed by atoms with Gasteiger partial charge in [0, 0.05) is 18.5 Å². The average Bonchev–Trinajstić information content (AvgIpc) is 2.63. The van der Waals surface area contributed by atoms with Crippen molar-refractivity contribution in [3.8, 4) is 5.75 Å². The number of benzene rings is 2. The van der Waals surface area contributed by atoms with E-state index >= 15 is 0 Å². The van der Waals surface area contributed by atoms with E-state index in [2.05, 4.69) is 15.8 Å². The van der Waals surface area contributed by atoms with Gasteiger partial charge in [0.1, 0.15) is 5.75 Å². The van der Waals surface area contributed by atoms with E-state index in [0.717, 1.165) is 22.4 Å². The van der Waals surface area contributed by atoms with E-state index in [4.69, 9.17) is 4.74 Å². The van der Waals surface area contributed by atoms with Crippen molar-refractivity contribution in [1.82, 2.24) is 5.43 Å². The Balaban J connectivity index is 1.76. The quantitative estimate of drug-likeness (QED) is 0.593. The first-order valence-electron chi connectivity index (χ1n) is 8.31. The summed E-state index contributed by atoms with van der Waals surface area (Å²) in [5, 5.41) is 6.68. The largest absolute Gasteiger partial charge is 0.497 e. The summed E-state index contributed by atoms with van der Waals surface area (Å²) in [6.07, 6.45) is 1.68. The Kier molecular flexibility index (Phi) is 6.91. The maximum Gasteiger partial charge on any atom is 0.240 e. The van der Waals surface area contributed by atoms with Gasteiger partial charge in [-0.25, -0.2) is 5.43 Å². The van der Waals surface area contributed by atoms with Crippen molar-refractivity contribution in [3.05, 3.63) is 59.2 Å². The van der Waals surface area contributed by atoms with Crippen LogP contribution in [0.4, 0.5) is 5.69 Å². The van der Waals surface area contributed by atoms with Crippen LogP contribution < -0.4 is 15.5 Å². The number of aryl methyl sites for hydroxylation is 2. The summed E-state index contributed by atoms with van der Waals surface area (Å²) in [7, 11) is 1.58. The fourth-order valence-corrected chi connectivity index (χ4v) is 2.23. The number of anilines is 1. The van der Waals surface area contributed by atoms with Crippen molar-refractivity contribution in [3.63, 3.8) is 0 Å². The highest BCUT2D eigenvalue weighted by Crippen LogP contribution is 2.14. The third-order valence-corrected chi connectivity index (χ3v) is 3.87. The Bertz CT molecular complexity index is 816. The fourth-order valence-electron chi connectivity index (χ4n) is 2.23. The van der Waals surface area contributed by atoms with Gasteiger partial charge in [-0.05, 0) is 54.8 Å². The van der Waals surface area contributed by atoms with Gasteiger partial charge in [0.15, 0.2) is 0 Å². The van der Waals surface area contributed by atoms with E-state index < -0.39 is 0 Å². The molecule has 2 N–H and O–H groups in total. The molecule has 2 aromatic carbocycles. The molecule has 26 heavy (non-hydrogen) atoms. The molecule has 0 aliphatic heterocycles. The molecule has 0 unspecified atom stereocenters. The summed E-state index contributed by atoms with van der Waals surface area (Å²) in [5.41, 5.74) is 6.22. The smallest absolute Gasteiger partial charge is 0.240 e. The van der Waals surface area contributed by atoms with E-state index in [1.54, 1.807) is 13.2 Å². The molecule has 0 heterocycles. The van der Waals surface area contributed by atoms with Crippen LogP contribution in [-0.4, -0.2) is 25.1 Å². The molecular weight excluding hydrogens is 330 g/mol. The number of rotatable bonds is 7. The van der Waals surface area contributed by atoms with E-state index in [1.165, 1.54) is 6.21 Å². The zero-order valence-electron chi connectivity index (χ0n) is 15.2. The molecule has 136 valence electrons. The number of carbonyl (C=O) groups is 2. The van der Waals surface area contributed by atoms with Gasteiger partial charge in [-0.2, -0.15) is 5.10 Å². The number of hydrogen-bond acceptors (Lipinski definition) is 4. The molecule has 0 aromatic heterocycles. The summed E-state index contributed by atoms with van der Waals surface area (Å²) in [5.74, 6) is 0.183. The molecule has 0 fully saturated rings. The van der Waals surface area contributed by atoms with E-state index in [1.807, 2.05) is 50.2 Å². The zero-order valence-corrected chi connectivity index (χ0v) is 15.2. The number of amides is 2. The van der Waals surface area contributed by atoms with Gasteiger partial charge in [-0.3, -0.25) is 9.59 Å². The Morgan fingerprint density at radius 1 is 1.04 bits per heavy atom. The minimum atomic E-state index is -0.320. The molecule has 0 saturated carbocycles. The Morgan fingerprint density at radius 2 is 1.81 bits per heavy atom. The number of methoxy groups -OCH3 is 1. The van der Waals surface area contributed by atoms with Gasteiger partial charge < -0.3 is 10.1 Å². The van der Waals surface area contributed by atoms with Crippen molar-refractivity contribution >= 4 is 23.7 Å². The van der Waals surface area contributed by atoms with Crippen molar-refractivity contribution in [2.45, 2.75) is 26.7 Å². The first kappa shape index (κ1) is 19.2. The molecule has 0 radical (unpaired) electrons. The molecular formula is C20H23N3O3. The van der Waals surface area contributed by atoms with Crippen LogP contribution >= 0.6 is 0 Å². The average molecular weight is 353 g/mol. The van der Waals surface area contributed by atoms with Crippen LogP contribution in [0.5, 0.6) is 5.75 Å². The first-order chi connectivity index (χ1) is 12.5. The highest BCUT2D eigenvalue weighted by Gasteiger charge is 2.07. The number of carbonyl (C=O) groups excluding carboxylic acids is 2. The van der Waals surface area contributed by atoms with Crippen molar-refractivity contribution in [2.24, 2.45) is 5.10 Å². The molecule has 2 aromatic rings. The second kappa shape index (κ2) is 9.36. The Hall–Kier alpha value is -3.15. The van der Waals surface area contributed by atoms with Gasteiger partial charge >= 0.3 is 0 Å². The second-order valence-corrected chi connectivity index (χ2v) is 5.92. The lowest BCUT2D eigenvalue weighted by Crippen LogP contribution is -2.20. The number of ether oxygens (including phenoxy) is 1. The molecule has 2 rings (SSSR count). The predicted octanol–water partition coefficient (Wildman–Crippen LogP) is 3.18. The number of hydrogen-bond donors (Lipinski definition) is 2. The number of nitrogens with one attached hydrogen (secondary N) is 2. The standard InChI is InChI=1S/C20H23N3O3/c1-14-7-8-17(11-15(14)2)22-19(24)9-10-20(25)23-21-13-16-5-4-6-18(12-16)26-3/h4-8,11-13H,9-10H2,1-3H3,(H,22,24)(H,23,25)/b21-13-. The third kappa shape index (κ3) is 6.05. The normalized spacial score (nSPS) is 10.6. The minimum Gasteiger partial charge on any atom is -0.497 e. The van der Waals surface area contributed by atoms with Gasteiger partial charge in [0.25, 0.3) is 0 Å². The Labute approximate surface area is 153 Å². The molecule has 0 saturated heterocycles. The number of hydrazone groups is 1. The summed E-state index contributed by atoms with van der Waals surface area (Å²) in [6, 6.07) is 13.0. The van der Waals surface area contributed by atoms with Crippen LogP contribution in [0.2, 0.25) is 0 Å². The Morgan fingerprint density at radius 3 is 2.54 bits per heavy atom. The molecule has 0 spiro atoms. The summed E-state index contributed by atoms with van der Waals surface area (Å²) < 4.78 is 5.12. The van der Waals surface area contributed by atoms with E-state index in [-0.39, 0.29) is 24.7 Å². The zero-order chi connectivity index (χ0) is 18.9. The van der Waals surface area contributed by atoms with Crippen LogP contribution in [0.1, 0.15) is 29.5 Å². The van der Waals surface area contributed by atoms with Gasteiger partial charge in [0.2, 0.25) is 11.8 Å². The van der Waals surface area contributed by atoms with Gasteiger partial charge in [-0.15, -0.1) is 0 Å². The highest BCUT2D eigenvalue weighted by molar-refractivity contribution is 5.93. The highest BCUT2D eigenvalue weighted by atomic mass is 16.5. The maximum absolute atomic E-state index is 11.9. The predicted molar refractivity (Wildman–Crippen MR) is 103 cm³/mol. The van der Waals surface area contributed by atoms with Crippen molar-refractivity contribution in [2.75, 3.05) is 12.4 Å². The van der Waals surface area contributed by atoms with Crippen LogP contribution in [-0.2, 0) is 9.59 Å². The SMILES string of the molecule is COc1cccc(/C=N\NC(=O)CCC(=O)Nc2ccc(C)c(C)c2)c1.